The van der Waals surface area contributed by atoms with E-state index in [1.54, 1.807) is 7.11 Å². The van der Waals surface area contributed by atoms with E-state index in [-0.39, 0.29) is 17.0 Å². The van der Waals surface area contributed by atoms with Crippen molar-refractivity contribution in [1.82, 2.24) is 0 Å². The summed E-state index contributed by atoms with van der Waals surface area (Å²) < 4.78 is 5.34. The van der Waals surface area contributed by atoms with Crippen LogP contribution in [-0.2, 0) is 4.79 Å². The van der Waals surface area contributed by atoms with Crippen LogP contribution in [0.5, 0.6) is 5.75 Å². The first kappa shape index (κ1) is 21.8. The van der Waals surface area contributed by atoms with Gasteiger partial charge in [0.2, 0.25) is 0 Å². The maximum atomic E-state index is 13.1. The summed E-state index contributed by atoms with van der Waals surface area (Å²) >= 11 is 0. The molecule has 0 unspecified atom stereocenters. The van der Waals surface area contributed by atoms with E-state index < -0.39 is 0 Å². The predicted molar refractivity (Wildman–Crippen MR) is 132 cm³/mol. The van der Waals surface area contributed by atoms with Crippen LogP contribution in [0.1, 0.15) is 47.1 Å². The minimum atomic E-state index is -0.333. The molecule has 0 saturated carbocycles. The zero-order chi connectivity index (χ0) is 23.3. The third kappa shape index (κ3) is 4.05. The number of rotatable bonds is 2. The number of carbonyl (C=O) groups excluding carboxylic acids is 1. The van der Waals surface area contributed by atoms with Crippen LogP contribution < -0.4 is 15.0 Å². The maximum Gasteiger partial charge on any atom is 0.258 e. The van der Waals surface area contributed by atoms with Crippen molar-refractivity contribution >= 4 is 34.4 Å². The number of ether oxygens (including phenoxy) is 1. The summed E-state index contributed by atoms with van der Waals surface area (Å²) in [5.41, 5.74) is 4.09. The molecular weight excluding hydrogens is 400 g/mol. The van der Waals surface area contributed by atoms with Crippen molar-refractivity contribution in [3.63, 3.8) is 0 Å². The second kappa shape index (κ2) is 7.62. The van der Waals surface area contributed by atoms with Crippen molar-refractivity contribution in [2.75, 3.05) is 17.3 Å². The summed E-state index contributed by atoms with van der Waals surface area (Å²) in [7, 11) is 1.65. The Balaban J connectivity index is 2.00. The average Bonchev–Trinajstić information content (AvgIpc) is 3.03. The number of hydrogen-bond donors (Lipinski definition) is 1. The Morgan fingerprint density at radius 3 is 2.09 bits per heavy atom. The Morgan fingerprint density at radius 2 is 1.50 bits per heavy atom. The first-order valence-electron chi connectivity index (χ1n) is 10.8. The number of hydrogen-bond acceptors (Lipinski definition) is 4. The fourth-order valence-electron chi connectivity index (χ4n) is 3.79. The molecule has 0 bridgehead atoms. The quantitative estimate of drug-likeness (QED) is 0.656. The maximum absolute atomic E-state index is 13.1. The van der Waals surface area contributed by atoms with Gasteiger partial charge in [0.15, 0.2) is 5.84 Å². The van der Waals surface area contributed by atoms with Crippen LogP contribution in [0.3, 0.4) is 0 Å². The lowest BCUT2D eigenvalue weighted by atomic mass is 9.92. The zero-order valence-corrected chi connectivity index (χ0v) is 19.8. The van der Waals surface area contributed by atoms with Crippen molar-refractivity contribution < 1.29 is 9.53 Å². The highest BCUT2D eigenvalue weighted by Gasteiger charge is 2.45. The molecule has 1 fully saturated rings. The molecule has 0 aliphatic carbocycles. The van der Waals surface area contributed by atoms with E-state index in [4.69, 9.17) is 14.7 Å². The Kier molecular flexibility index (Phi) is 5.19. The Hall–Kier alpha value is -3.41. The number of fused-ring (bicyclic) bond motifs is 1. The van der Waals surface area contributed by atoms with E-state index in [1.807, 2.05) is 53.4 Å². The van der Waals surface area contributed by atoms with E-state index in [1.165, 1.54) is 0 Å². The van der Waals surface area contributed by atoms with Gasteiger partial charge in [-0.25, -0.2) is 0 Å². The smallest absolute Gasteiger partial charge is 0.258 e. The number of amides is 1. The second-order valence-electron chi connectivity index (χ2n) is 9.99. The molecule has 0 radical (unpaired) electrons. The SMILES string of the molecule is COc1ccc(N2C(=NC(C)(C)C)C(=NC(C)(C)C)/C2=C2\C(=O)Nc3ccccc32)cc1. The number of amidine groups is 1. The molecule has 0 atom stereocenters. The third-order valence-electron chi connectivity index (χ3n) is 5.00. The first-order chi connectivity index (χ1) is 15.0. The van der Waals surface area contributed by atoms with Gasteiger partial charge in [-0.15, -0.1) is 0 Å². The van der Waals surface area contributed by atoms with Gasteiger partial charge >= 0.3 is 0 Å². The normalized spacial score (nSPS) is 21.0. The van der Waals surface area contributed by atoms with Crippen LogP contribution in [0.25, 0.3) is 5.57 Å². The molecule has 6 heteroatoms. The number of aliphatic imine (C=N–C) groups is 2. The molecule has 0 aromatic heterocycles. The molecule has 2 heterocycles. The van der Waals surface area contributed by atoms with Crippen molar-refractivity contribution in [1.29, 1.82) is 0 Å². The highest BCUT2D eigenvalue weighted by molar-refractivity contribution is 6.65. The minimum absolute atomic E-state index is 0.129. The third-order valence-corrected chi connectivity index (χ3v) is 5.00. The largest absolute Gasteiger partial charge is 0.497 e. The summed E-state index contributed by atoms with van der Waals surface area (Å²) in [6.07, 6.45) is 0. The zero-order valence-electron chi connectivity index (χ0n) is 19.8. The molecule has 2 aromatic carbocycles. The van der Waals surface area contributed by atoms with Crippen LogP contribution in [0.15, 0.2) is 64.2 Å². The van der Waals surface area contributed by atoms with Gasteiger partial charge in [-0.2, -0.15) is 0 Å². The Bertz CT molecular complexity index is 1160. The molecule has 2 aliphatic rings. The first-order valence-corrected chi connectivity index (χ1v) is 10.8. The Labute approximate surface area is 189 Å². The number of methoxy groups -OCH3 is 1. The number of nitrogens with zero attached hydrogens (tertiary/aromatic N) is 3. The van der Waals surface area contributed by atoms with Crippen LogP contribution in [0, 0.1) is 0 Å². The molecule has 1 saturated heterocycles. The van der Waals surface area contributed by atoms with E-state index >= 15 is 0 Å². The number of carbonyl (C=O) groups is 1. The lowest BCUT2D eigenvalue weighted by Crippen LogP contribution is -2.54. The molecule has 0 spiro atoms. The van der Waals surface area contributed by atoms with E-state index in [9.17, 15) is 4.79 Å². The van der Waals surface area contributed by atoms with Crippen molar-refractivity contribution in [2.45, 2.75) is 52.6 Å². The van der Waals surface area contributed by atoms with Gasteiger partial charge < -0.3 is 10.1 Å². The van der Waals surface area contributed by atoms with Crippen LogP contribution in [0.4, 0.5) is 11.4 Å². The standard InChI is InChI=1S/C26H30N4O2/c1-25(2,3)28-21-22(20-18-10-8-9-11-19(18)27-24(20)31)30(23(21)29-26(4,5)6)16-12-14-17(32-7)15-13-16/h8-15H,1-7H3,(H,27,31)/b22-20+,28-21?,29-23?. The molecule has 166 valence electrons. The van der Waals surface area contributed by atoms with E-state index in [2.05, 4.69) is 46.9 Å². The van der Waals surface area contributed by atoms with Crippen LogP contribution in [0.2, 0.25) is 0 Å². The topological polar surface area (TPSA) is 66.3 Å². The summed E-state index contributed by atoms with van der Waals surface area (Å²) in [4.78, 5) is 25.2. The highest BCUT2D eigenvalue weighted by atomic mass is 16.5. The lowest BCUT2D eigenvalue weighted by molar-refractivity contribution is -0.110. The van der Waals surface area contributed by atoms with Gasteiger partial charge in [-0.05, 0) is 71.9 Å². The summed E-state index contributed by atoms with van der Waals surface area (Å²) in [6.45, 7) is 12.3. The average molecular weight is 431 g/mol. The van der Waals surface area contributed by atoms with Gasteiger partial charge in [0.1, 0.15) is 11.5 Å². The fraction of sp³-hybridized carbons (Fsp3) is 0.346. The van der Waals surface area contributed by atoms with E-state index in [0.717, 1.165) is 39.9 Å². The van der Waals surface area contributed by atoms with Crippen molar-refractivity contribution in [3.05, 3.63) is 59.8 Å². The van der Waals surface area contributed by atoms with Gasteiger partial charge in [0.05, 0.1) is 29.5 Å². The summed E-state index contributed by atoms with van der Waals surface area (Å²) in [5, 5.41) is 2.99. The molecule has 6 nitrogen and oxygen atoms in total. The number of anilines is 2. The van der Waals surface area contributed by atoms with Crippen LogP contribution in [-0.4, -0.2) is 35.6 Å². The number of para-hydroxylation sites is 1. The monoisotopic (exact) mass is 430 g/mol. The lowest BCUT2D eigenvalue weighted by Gasteiger charge is -2.42. The van der Waals surface area contributed by atoms with Gasteiger partial charge in [-0.1, -0.05) is 18.2 Å². The van der Waals surface area contributed by atoms with E-state index in [0.29, 0.717) is 5.57 Å². The molecule has 1 N–H and O–H groups in total. The molecule has 32 heavy (non-hydrogen) atoms. The van der Waals surface area contributed by atoms with Crippen molar-refractivity contribution in [3.8, 4) is 5.75 Å². The second-order valence-corrected chi connectivity index (χ2v) is 9.99. The molecule has 4 rings (SSSR count). The summed E-state index contributed by atoms with van der Waals surface area (Å²) in [5.74, 6) is 1.40. The predicted octanol–water partition coefficient (Wildman–Crippen LogP) is 5.32. The van der Waals surface area contributed by atoms with Gasteiger partial charge in [0, 0.05) is 16.9 Å². The van der Waals surface area contributed by atoms with Gasteiger partial charge in [0.25, 0.3) is 5.91 Å². The van der Waals surface area contributed by atoms with Gasteiger partial charge in [-0.3, -0.25) is 19.7 Å². The Morgan fingerprint density at radius 1 is 0.875 bits per heavy atom. The number of benzene rings is 2. The molecule has 1 amide bonds. The molecular formula is C26H30N4O2. The minimum Gasteiger partial charge on any atom is -0.497 e. The summed E-state index contributed by atoms with van der Waals surface area (Å²) in [6, 6.07) is 15.5. The van der Waals surface area contributed by atoms with Crippen LogP contribution >= 0.6 is 0 Å². The number of nitrogens with one attached hydrogen (secondary N) is 1. The highest BCUT2D eigenvalue weighted by Crippen LogP contribution is 2.42. The fourth-order valence-corrected chi connectivity index (χ4v) is 3.79. The van der Waals surface area contributed by atoms with Crippen molar-refractivity contribution in [2.24, 2.45) is 9.98 Å². The molecule has 2 aliphatic heterocycles. The molecule has 2 aromatic rings.